The Morgan fingerprint density at radius 3 is 1.57 bits per heavy atom. The summed E-state index contributed by atoms with van der Waals surface area (Å²) >= 11 is 0. The van der Waals surface area contributed by atoms with Crippen LogP contribution in [-0.2, 0) is 0 Å². The van der Waals surface area contributed by atoms with Crippen LogP contribution >= 0.6 is 0 Å². The average Bonchev–Trinajstić information content (AvgIpc) is 1.76. The van der Waals surface area contributed by atoms with Crippen molar-refractivity contribution in [1.82, 2.24) is 0 Å². The van der Waals surface area contributed by atoms with Gasteiger partial charge in [0.05, 0.1) is 5.54 Å². The fraction of sp³-hybridized carbons (Fsp3) is 0.923. The highest BCUT2D eigenvalue weighted by Crippen LogP contribution is 2.29. The van der Waals surface area contributed by atoms with Crippen LogP contribution in [0, 0.1) is 10.8 Å². The minimum atomic E-state index is 0.0610. The third kappa shape index (κ3) is 8.28. The Hall–Kier alpha value is -0.330. The second-order valence-corrected chi connectivity index (χ2v) is 7.17. The van der Waals surface area contributed by atoms with Gasteiger partial charge in [0.25, 0.3) is 0 Å². The Morgan fingerprint density at radius 2 is 1.29 bits per heavy atom. The van der Waals surface area contributed by atoms with E-state index in [1.54, 1.807) is 0 Å². The van der Waals surface area contributed by atoms with E-state index >= 15 is 0 Å². The minimum Gasteiger partial charge on any atom is -0.291 e. The van der Waals surface area contributed by atoms with E-state index in [1.165, 1.54) is 0 Å². The molecule has 0 aliphatic carbocycles. The molecule has 84 valence electrons. The van der Waals surface area contributed by atoms with Gasteiger partial charge in [0.1, 0.15) is 0 Å². The third-order valence-corrected chi connectivity index (χ3v) is 1.76. The summed E-state index contributed by atoms with van der Waals surface area (Å²) in [5.74, 6) is 0. The van der Waals surface area contributed by atoms with E-state index in [0.29, 0.717) is 5.41 Å². The van der Waals surface area contributed by atoms with Gasteiger partial charge in [0.2, 0.25) is 0 Å². The van der Waals surface area contributed by atoms with Crippen molar-refractivity contribution < 1.29 is 0 Å². The Morgan fingerprint density at radius 1 is 0.857 bits per heavy atom. The maximum Gasteiger partial charge on any atom is 0.0553 e. The zero-order valence-corrected chi connectivity index (χ0v) is 11.2. The lowest BCUT2D eigenvalue weighted by molar-refractivity contribution is 0.287. The van der Waals surface area contributed by atoms with Crippen LogP contribution < -0.4 is 0 Å². The number of aliphatic imine (C=N–C) groups is 1. The van der Waals surface area contributed by atoms with Gasteiger partial charge in [-0.25, -0.2) is 0 Å². The van der Waals surface area contributed by atoms with Gasteiger partial charge in [-0.05, 0) is 31.1 Å². The first kappa shape index (κ1) is 13.7. The molecule has 0 heterocycles. The second kappa shape index (κ2) is 4.04. The molecule has 0 saturated carbocycles. The topological polar surface area (TPSA) is 12.4 Å². The maximum absolute atomic E-state index is 4.69. The van der Waals surface area contributed by atoms with Crippen LogP contribution in [0.15, 0.2) is 4.99 Å². The fourth-order valence-corrected chi connectivity index (χ4v) is 1.71. The molecule has 0 fully saturated rings. The van der Waals surface area contributed by atoms with Gasteiger partial charge in [-0.15, -0.1) is 0 Å². The molecular weight excluding hydrogens is 170 g/mol. The molecule has 14 heavy (non-hydrogen) atoms. The maximum atomic E-state index is 4.69. The zero-order chi connectivity index (χ0) is 11.6. The van der Waals surface area contributed by atoms with Crippen LogP contribution in [0.25, 0.3) is 0 Å². The molecule has 0 aliphatic rings. The summed E-state index contributed by atoms with van der Waals surface area (Å²) in [6.45, 7) is 17.8. The number of rotatable bonds is 2. The van der Waals surface area contributed by atoms with Crippen LogP contribution in [0.4, 0.5) is 0 Å². The van der Waals surface area contributed by atoms with Crippen molar-refractivity contribution in [2.75, 3.05) is 0 Å². The van der Waals surface area contributed by atoms with Gasteiger partial charge in [0, 0.05) is 6.21 Å². The van der Waals surface area contributed by atoms with Gasteiger partial charge >= 0.3 is 0 Å². The molecule has 0 amide bonds. The summed E-state index contributed by atoms with van der Waals surface area (Å²) in [5, 5.41) is 0. The average molecular weight is 197 g/mol. The van der Waals surface area contributed by atoms with E-state index < -0.39 is 0 Å². The van der Waals surface area contributed by atoms with E-state index in [2.05, 4.69) is 66.6 Å². The lowest BCUT2D eigenvalue weighted by atomic mass is 9.82. The van der Waals surface area contributed by atoms with E-state index in [1.807, 2.05) is 0 Å². The molecule has 0 radical (unpaired) electrons. The highest BCUT2D eigenvalue weighted by Gasteiger charge is 2.24. The Bertz CT molecular complexity index is 198. The minimum absolute atomic E-state index is 0.0610. The normalized spacial score (nSPS) is 15.1. The first-order valence-electron chi connectivity index (χ1n) is 5.48. The molecule has 0 aromatic carbocycles. The van der Waals surface area contributed by atoms with Crippen LogP contribution in [-0.4, -0.2) is 11.8 Å². The summed E-state index contributed by atoms with van der Waals surface area (Å²) in [5.41, 5.74) is 0.597. The predicted octanol–water partition coefficient (Wildman–Crippen LogP) is 4.32. The number of nitrogens with zero attached hydrogens (tertiary/aromatic N) is 1. The molecule has 0 bridgehead atoms. The van der Waals surface area contributed by atoms with Crippen LogP contribution in [0.3, 0.4) is 0 Å². The molecule has 0 spiro atoms. The van der Waals surface area contributed by atoms with E-state index in [4.69, 9.17) is 0 Å². The smallest absolute Gasteiger partial charge is 0.0553 e. The first-order chi connectivity index (χ1) is 5.91. The number of hydrogen-bond donors (Lipinski definition) is 0. The fourth-order valence-electron chi connectivity index (χ4n) is 1.71. The first-order valence-corrected chi connectivity index (χ1v) is 5.48. The predicted molar refractivity (Wildman–Crippen MR) is 66.1 cm³/mol. The van der Waals surface area contributed by atoms with Crippen molar-refractivity contribution in [3.63, 3.8) is 0 Å². The highest BCUT2D eigenvalue weighted by atomic mass is 14.8. The molecule has 1 heteroatoms. The van der Waals surface area contributed by atoms with Crippen LogP contribution in [0.1, 0.15) is 61.8 Å². The molecular formula is C13H27N. The largest absolute Gasteiger partial charge is 0.291 e. The molecule has 1 nitrogen and oxygen atoms in total. The molecule has 0 aromatic heterocycles. The summed E-state index contributed by atoms with van der Waals surface area (Å²) in [7, 11) is 0. The molecule has 0 aromatic rings. The van der Waals surface area contributed by atoms with Crippen molar-refractivity contribution in [3.05, 3.63) is 0 Å². The quantitative estimate of drug-likeness (QED) is 0.585. The molecule has 0 saturated heterocycles. The third-order valence-electron chi connectivity index (χ3n) is 1.76. The van der Waals surface area contributed by atoms with Crippen LogP contribution in [0.2, 0.25) is 0 Å². The van der Waals surface area contributed by atoms with Crippen molar-refractivity contribution in [3.8, 4) is 0 Å². The highest BCUT2D eigenvalue weighted by molar-refractivity contribution is 5.64. The van der Waals surface area contributed by atoms with Gasteiger partial charge in [-0.2, -0.15) is 0 Å². The lowest BCUT2D eigenvalue weighted by Gasteiger charge is -2.30. The number of hydrogen-bond acceptors (Lipinski definition) is 1. The van der Waals surface area contributed by atoms with E-state index in [9.17, 15) is 0 Å². The van der Waals surface area contributed by atoms with Crippen molar-refractivity contribution in [1.29, 1.82) is 0 Å². The zero-order valence-electron chi connectivity index (χ0n) is 11.2. The summed E-state index contributed by atoms with van der Waals surface area (Å²) in [4.78, 5) is 4.69. The molecule has 0 rings (SSSR count). The summed E-state index contributed by atoms with van der Waals surface area (Å²) < 4.78 is 0. The van der Waals surface area contributed by atoms with Crippen molar-refractivity contribution >= 4 is 6.21 Å². The Kier molecular flexibility index (Phi) is 3.94. The molecule has 0 aliphatic heterocycles. The van der Waals surface area contributed by atoms with Gasteiger partial charge in [-0.1, -0.05) is 41.5 Å². The second-order valence-electron chi connectivity index (χ2n) is 7.17. The van der Waals surface area contributed by atoms with Gasteiger partial charge < -0.3 is 0 Å². The lowest BCUT2D eigenvalue weighted by Crippen LogP contribution is -2.26. The van der Waals surface area contributed by atoms with Crippen molar-refractivity contribution in [2.24, 2.45) is 15.8 Å². The SMILES string of the molecule is CC(C)(C)C=NC(C)(C)CC(C)(C)C. The van der Waals surface area contributed by atoms with Crippen LogP contribution in [0.5, 0.6) is 0 Å². The van der Waals surface area contributed by atoms with Crippen molar-refractivity contribution in [2.45, 2.75) is 67.3 Å². The molecule has 0 N–H and O–H groups in total. The van der Waals surface area contributed by atoms with Gasteiger partial charge in [-0.3, -0.25) is 4.99 Å². The molecule has 0 atom stereocenters. The Labute approximate surface area is 90.0 Å². The Balaban J connectivity index is 4.43. The monoisotopic (exact) mass is 197 g/mol. The standard InChI is InChI=1S/C13H27N/c1-11(2,3)9-13(7,8)14-10-12(4,5)6/h10H,9H2,1-8H3. The molecule has 0 unspecified atom stereocenters. The summed E-state index contributed by atoms with van der Waals surface area (Å²) in [6.07, 6.45) is 3.20. The van der Waals surface area contributed by atoms with Gasteiger partial charge in [0.15, 0.2) is 0 Å². The van der Waals surface area contributed by atoms with E-state index in [0.717, 1.165) is 6.42 Å². The van der Waals surface area contributed by atoms with E-state index in [-0.39, 0.29) is 11.0 Å². The summed E-state index contributed by atoms with van der Waals surface area (Å²) in [6, 6.07) is 0.